The van der Waals surface area contributed by atoms with E-state index in [4.69, 9.17) is 5.11 Å². The molecule has 1 heterocycles. The highest BCUT2D eigenvalue weighted by atomic mass is 16.4. The molecule has 2 aliphatic rings. The zero-order valence-electron chi connectivity index (χ0n) is 15.6. The van der Waals surface area contributed by atoms with Gasteiger partial charge in [-0.3, -0.25) is 9.69 Å². The minimum atomic E-state index is -0.717. The average Bonchev–Trinajstić information content (AvgIpc) is 2.47. The van der Waals surface area contributed by atoms with Crippen molar-refractivity contribution in [1.82, 2.24) is 9.80 Å². The van der Waals surface area contributed by atoms with Crippen LogP contribution in [-0.4, -0.2) is 60.1 Å². The number of piperidine rings is 1. The van der Waals surface area contributed by atoms with Crippen LogP contribution in [0.25, 0.3) is 0 Å². The summed E-state index contributed by atoms with van der Waals surface area (Å²) in [6.07, 6.45) is 7.79. The van der Waals surface area contributed by atoms with E-state index in [0.29, 0.717) is 11.5 Å². The zero-order chi connectivity index (χ0) is 17.0. The van der Waals surface area contributed by atoms with Gasteiger partial charge in [0.25, 0.3) is 0 Å². The van der Waals surface area contributed by atoms with Gasteiger partial charge in [0, 0.05) is 12.6 Å². The minimum Gasteiger partial charge on any atom is -0.480 e. The third-order valence-corrected chi connectivity index (χ3v) is 6.15. The minimum absolute atomic E-state index is 0.168. The van der Waals surface area contributed by atoms with E-state index in [2.05, 4.69) is 25.7 Å². The lowest BCUT2D eigenvalue weighted by atomic mass is 9.70. The quantitative estimate of drug-likeness (QED) is 0.842. The monoisotopic (exact) mass is 324 g/mol. The van der Waals surface area contributed by atoms with Gasteiger partial charge in [-0.2, -0.15) is 0 Å². The van der Waals surface area contributed by atoms with Gasteiger partial charge in [-0.1, -0.05) is 20.8 Å². The predicted octanol–water partition coefficient (Wildman–Crippen LogP) is 3.32. The van der Waals surface area contributed by atoms with Crippen molar-refractivity contribution < 1.29 is 9.90 Å². The van der Waals surface area contributed by atoms with Crippen molar-refractivity contribution in [1.29, 1.82) is 0 Å². The standard InChI is InChI=1S/C19H36N2O2/c1-19(2,3)16-7-5-15(6-8-16)13-21-11-9-17(10-12-21)20(4)14-18(22)23/h15-17H,5-14H2,1-4H3,(H,22,23). The fraction of sp³-hybridized carbons (Fsp3) is 0.947. The average molecular weight is 325 g/mol. The number of nitrogens with zero attached hydrogens (tertiary/aromatic N) is 2. The van der Waals surface area contributed by atoms with Gasteiger partial charge in [0.2, 0.25) is 0 Å². The molecule has 1 aliphatic heterocycles. The smallest absolute Gasteiger partial charge is 0.317 e. The zero-order valence-corrected chi connectivity index (χ0v) is 15.6. The summed E-state index contributed by atoms with van der Waals surface area (Å²) >= 11 is 0. The van der Waals surface area contributed by atoms with Crippen molar-refractivity contribution in [2.45, 2.75) is 65.3 Å². The van der Waals surface area contributed by atoms with Crippen molar-refractivity contribution >= 4 is 5.97 Å². The van der Waals surface area contributed by atoms with Crippen molar-refractivity contribution in [3.05, 3.63) is 0 Å². The van der Waals surface area contributed by atoms with Crippen LogP contribution in [0.1, 0.15) is 59.3 Å². The molecule has 0 unspecified atom stereocenters. The second-order valence-electron chi connectivity index (χ2n) is 8.92. The number of rotatable bonds is 5. The molecule has 2 rings (SSSR count). The number of aliphatic carboxylic acids is 1. The summed E-state index contributed by atoms with van der Waals surface area (Å²) in [6.45, 7) is 10.8. The maximum absolute atomic E-state index is 10.8. The van der Waals surface area contributed by atoms with Gasteiger partial charge in [-0.05, 0) is 75.9 Å². The van der Waals surface area contributed by atoms with Crippen LogP contribution < -0.4 is 0 Å². The predicted molar refractivity (Wildman–Crippen MR) is 94.6 cm³/mol. The first-order valence-corrected chi connectivity index (χ1v) is 9.40. The van der Waals surface area contributed by atoms with Gasteiger partial charge < -0.3 is 10.0 Å². The first-order valence-electron chi connectivity index (χ1n) is 9.40. The molecule has 0 radical (unpaired) electrons. The maximum atomic E-state index is 10.8. The summed E-state index contributed by atoms with van der Waals surface area (Å²) in [6, 6.07) is 0.443. The lowest BCUT2D eigenvalue weighted by molar-refractivity contribution is -0.138. The lowest BCUT2D eigenvalue weighted by Crippen LogP contribution is -2.46. The highest BCUT2D eigenvalue weighted by molar-refractivity contribution is 5.69. The largest absolute Gasteiger partial charge is 0.480 e. The molecule has 2 fully saturated rings. The fourth-order valence-corrected chi connectivity index (χ4v) is 4.46. The summed E-state index contributed by atoms with van der Waals surface area (Å²) in [5.74, 6) is 1.06. The van der Waals surface area contributed by atoms with E-state index in [-0.39, 0.29) is 6.54 Å². The van der Waals surface area contributed by atoms with Crippen LogP contribution in [0.2, 0.25) is 0 Å². The van der Waals surface area contributed by atoms with E-state index in [1.165, 1.54) is 32.2 Å². The molecule has 1 N–H and O–H groups in total. The summed E-state index contributed by atoms with van der Waals surface area (Å²) in [5, 5.41) is 8.91. The van der Waals surface area contributed by atoms with E-state index < -0.39 is 5.97 Å². The van der Waals surface area contributed by atoms with E-state index in [0.717, 1.165) is 37.8 Å². The van der Waals surface area contributed by atoms with E-state index in [1.807, 2.05) is 11.9 Å². The molecular weight excluding hydrogens is 288 g/mol. The molecule has 23 heavy (non-hydrogen) atoms. The highest BCUT2D eigenvalue weighted by Gasteiger charge is 2.31. The first-order chi connectivity index (χ1) is 10.8. The number of carbonyl (C=O) groups is 1. The molecule has 134 valence electrons. The molecule has 4 heteroatoms. The summed E-state index contributed by atoms with van der Waals surface area (Å²) in [5.41, 5.74) is 0.470. The van der Waals surface area contributed by atoms with Gasteiger partial charge >= 0.3 is 5.97 Å². The molecule has 1 aliphatic carbocycles. The molecule has 0 amide bonds. The third-order valence-electron chi connectivity index (χ3n) is 6.15. The Kier molecular flexibility index (Phi) is 6.49. The van der Waals surface area contributed by atoms with Crippen molar-refractivity contribution in [2.75, 3.05) is 33.2 Å². The van der Waals surface area contributed by atoms with Crippen LogP contribution in [-0.2, 0) is 4.79 Å². The molecule has 0 spiro atoms. The normalized spacial score (nSPS) is 28.2. The Morgan fingerprint density at radius 2 is 1.65 bits per heavy atom. The number of likely N-dealkylation sites (N-methyl/N-ethyl adjacent to an activating group) is 1. The molecule has 0 aromatic heterocycles. The Labute approximate surface area is 142 Å². The number of carboxylic acid groups (broad SMARTS) is 1. The summed E-state index contributed by atoms with van der Waals surface area (Å²) in [7, 11) is 1.95. The van der Waals surface area contributed by atoms with Crippen LogP contribution >= 0.6 is 0 Å². The van der Waals surface area contributed by atoms with Crippen LogP contribution in [0.5, 0.6) is 0 Å². The Hall–Kier alpha value is -0.610. The molecule has 0 bridgehead atoms. The number of carboxylic acids is 1. The van der Waals surface area contributed by atoms with Crippen molar-refractivity contribution in [2.24, 2.45) is 17.3 Å². The van der Waals surface area contributed by atoms with E-state index in [9.17, 15) is 4.79 Å². The SMILES string of the molecule is CN(CC(=O)O)C1CCN(CC2CCC(C(C)(C)C)CC2)CC1. The number of likely N-dealkylation sites (tertiary alicyclic amines) is 1. The summed E-state index contributed by atoms with van der Waals surface area (Å²) in [4.78, 5) is 15.5. The van der Waals surface area contributed by atoms with Crippen LogP contribution in [0.3, 0.4) is 0 Å². The third kappa shape index (κ3) is 5.75. The second kappa shape index (κ2) is 7.98. The second-order valence-corrected chi connectivity index (χ2v) is 8.92. The van der Waals surface area contributed by atoms with E-state index in [1.54, 1.807) is 0 Å². The van der Waals surface area contributed by atoms with Gasteiger partial charge in [0.1, 0.15) is 0 Å². The van der Waals surface area contributed by atoms with Gasteiger partial charge in [-0.15, -0.1) is 0 Å². The van der Waals surface area contributed by atoms with Gasteiger partial charge in [-0.25, -0.2) is 0 Å². The topological polar surface area (TPSA) is 43.8 Å². The van der Waals surface area contributed by atoms with Gasteiger partial charge in [0.15, 0.2) is 0 Å². The van der Waals surface area contributed by atoms with Crippen molar-refractivity contribution in [3.8, 4) is 0 Å². The Morgan fingerprint density at radius 3 is 2.13 bits per heavy atom. The Bertz CT molecular complexity index is 375. The van der Waals surface area contributed by atoms with E-state index >= 15 is 0 Å². The molecule has 0 atom stereocenters. The summed E-state index contributed by atoms with van der Waals surface area (Å²) < 4.78 is 0. The molecule has 1 saturated heterocycles. The van der Waals surface area contributed by atoms with Crippen LogP contribution in [0.4, 0.5) is 0 Å². The first kappa shape index (κ1) is 18.7. The fourth-order valence-electron chi connectivity index (χ4n) is 4.46. The molecule has 1 saturated carbocycles. The molecular formula is C19H36N2O2. The number of hydrogen-bond acceptors (Lipinski definition) is 3. The van der Waals surface area contributed by atoms with Crippen molar-refractivity contribution in [3.63, 3.8) is 0 Å². The lowest BCUT2D eigenvalue weighted by Gasteiger charge is -2.41. The molecule has 4 nitrogen and oxygen atoms in total. The number of hydrogen-bond donors (Lipinski definition) is 1. The molecule has 0 aromatic rings. The Morgan fingerprint density at radius 1 is 1.09 bits per heavy atom. The Balaban J connectivity index is 1.68. The van der Waals surface area contributed by atoms with Gasteiger partial charge in [0.05, 0.1) is 6.54 Å². The highest BCUT2D eigenvalue weighted by Crippen LogP contribution is 2.40. The van der Waals surface area contributed by atoms with Crippen LogP contribution in [0.15, 0.2) is 0 Å². The van der Waals surface area contributed by atoms with Crippen LogP contribution in [0, 0.1) is 17.3 Å². The maximum Gasteiger partial charge on any atom is 0.317 e. The molecule has 0 aromatic carbocycles.